The molecule has 0 unspecified atom stereocenters. The zero-order valence-corrected chi connectivity index (χ0v) is 11.1. The first kappa shape index (κ1) is 15.7. The van der Waals surface area contributed by atoms with Gasteiger partial charge in [-0.2, -0.15) is 13.2 Å². The third-order valence-electron chi connectivity index (χ3n) is 1.72. The Hall–Kier alpha value is -1.35. The van der Waals surface area contributed by atoms with Crippen molar-refractivity contribution in [3.8, 4) is 0 Å². The third kappa shape index (κ3) is 4.06. The molecule has 1 rings (SSSR count). The molecule has 0 aromatic carbocycles. The van der Waals surface area contributed by atoms with E-state index in [1.54, 1.807) is 0 Å². The maximum atomic E-state index is 12.7. The number of amides is 1. The van der Waals surface area contributed by atoms with Crippen molar-refractivity contribution in [2.45, 2.75) is 13.1 Å². The van der Waals surface area contributed by atoms with Gasteiger partial charge in [0.15, 0.2) is 10.8 Å². The van der Waals surface area contributed by atoms with E-state index in [9.17, 15) is 22.8 Å². The normalized spacial score (nSPS) is 11.2. The monoisotopic (exact) mass is 316 g/mol. The van der Waals surface area contributed by atoms with Crippen LogP contribution in [0.25, 0.3) is 0 Å². The van der Waals surface area contributed by atoms with Crippen LogP contribution < -0.4 is 5.32 Å². The zero-order chi connectivity index (χ0) is 14.6. The van der Waals surface area contributed by atoms with Crippen LogP contribution in [0.3, 0.4) is 0 Å². The molecule has 1 aromatic heterocycles. The minimum Gasteiger partial charge on any atom is -0.462 e. The number of alkyl halides is 4. The van der Waals surface area contributed by atoms with E-state index in [4.69, 9.17) is 11.6 Å². The molecule has 5 nitrogen and oxygen atoms in total. The molecule has 0 fully saturated rings. The number of esters is 1. The number of carbonyl (C=O) groups is 2. The van der Waals surface area contributed by atoms with E-state index in [1.165, 1.54) is 6.92 Å². The lowest BCUT2D eigenvalue weighted by Gasteiger charge is -2.04. The smallest absolute Gasteiger partial charge is 0.435 e. The van der Waals surface area contributed by atoms with Crippen molar-refractivity contribution in [1.29, 1.82) is 0 Å². The predicted molar refractivity (Wildman–Crippen MR) is 62.4 cm³/mol. The highest BCUT2D eigenvalue weighted by atomic mass is 35.5. The van der Waals surface area contributed by atoms with E-state index >= 15 is 0 Å². The molecule has 0 spiro atoms. The van der Waals surface area contributed by atoms with E-state index in [0.717, 1.165) is 0 Å². The lowest BCUT2D eigenvalue weighted by Crippen LogP contribution is -2.14. The molecule has 1 amide bonds. The van der Waals surface area contributed by atoms with Gasteiger partial charge in [-0.3, -0.25) is 4.79 Å². The molecule has 0 radical (unpaired) electrons. The van der Waals surface area contributed by atoms with E-state index in [1.807, 2.05) is 0 Å². The molecule has 106 valence electrons. The van der Waals surface area contributed by atoms with Gasteiger partial charge in [0.25, 0.3) is 0 Å². The number of anilines is 1. The fourth-order valence-electron chi connectivity index (χ4n) is 1.05. The Morgan fingerprint density at radius 2 is 2.11 bits per heavy atom. The summed E-state index contributed by atoms with van der Waals surface area (Å²) in [5, 5.41) is 1.69. The molecule has 0 aliphatic carbocycles. The Labute approximate surface area is 114 Å². The Morgan fingerprint density at radius 1 is 1.47 bits per heavy atom. The highest BCUT2D eigenvalue weighted by Crippen LogP contribution is 2.36. The number of aromatic nitrogens is 1. The van der Waals surface area contributed by atoms with Crippen LogP contribution in [-0.4, -0.2) is 29.3 Å². The molecule has 0 bridgehead atoms. The van der Waals surface area contributed by atoms with E-state index in [2.05, 4.69) is 15.0 Å². The number of halogens is 4. The number of ether oxygens (including phenoxy) is 1. The van der Waals surface area contributed by atoms with Gasteiger partial charge in [0.1, 0.15) is 10.8 Å². The second kappa shape index (κ2) is 6.20. The molecule has 0 aliphatic rings. The van der Waals surface area contributed by atoms with Crippen LogP contribution in [0.15, 0.2) is 0 Å². The van der Waals surface area contributed by atoms with Crippen LogP contribution in [-0.2, 0) is 15.7 Å². The van der Waals surface area contributed by atoms with Gasteiger partial charge in [-0.25, -0.2) is 9.78 Å². The minimum atomic E-state index is -4.82. The van der Waals surface area contributed by atoms with Crippen molar-refractivity contribution in [1.82, 2.24) is 4.98 Å². The Kier molecular flexibility index (Phi) is 5.12. The highest BCUT2D eigenvalue weighted by Gasteiger charge is 2.40. The molecular formula is C9H8ClF3N2O3S. The maximum absolute atomic E-state index is 12.7. The number of nitrogens with one attached hydrogen (secondary N) is 1. The molecule has 1 aromatic rings. The van der Waals surface area contributed by atoms with Crippen LogP contribution in [0.2, 0.25) is 0 Å². The summed E-state index contributed by atoms with van der Waals surface area (Å²) in [6.45, 7) is 1.39. The number of nitrogens with zero attached hydrogens (tertiary/aromatic N) is 1. The molecule has 10 heteroatoms. The Bertz CT molecular complexity index is 490. The van der Waals surface area contributed by atoms with Crippen molar-refractivity contribution < 1.29 is 27.5 Å². The summed E-state index contributed by atoms with van der Waals surface area (Å²) in [4.78, 5) is 24.8. The van der Waals surface area contributed by atoms with Crippen LogP contribution in [0, 0.1) is 0 Å². The minimum absolute atomic E-state index is 0.0720. The second-order valence-electron chi connectivity index (χ2n) is 3.10. The number of rotatable bonds is 4. The molecule has 0 atom stereocenters. The largest absolute Gasteiger partial charge is 0.462 e. The summed E-state index contributed by atoms with van der Waals surface area (Å²) in [6.07, 6.45) is -4.82. The summed E-state index contributed by atoms with van der Waals surface area (Å²) in [7, 11) is 0. The van der Waals surface area contributed by atoms with Crippen LogP contribution >= 0.6 is 22.9 Å². The quantitative estimate of drug-likeness (QED) is 0.684. The summed E-state index contributed by atoms with van der Waals surface area (Å²) in [5.41, 5.74) is -1.39. The Balaban J connectivity index is 3.13. The average molecular weight is 317 g/mol. The molecule has 0 saturated heterocycles. The number of hydrogen-bond donors (Lipinski definition) is 1. The van der Waals surface area contributed by atoms with Crippen molar-refractivity contribution in [3.05, 3.63) is 10.6 Å². The molecular weight excluding hydrogens is 309 g/mol. The number of carbonyl (C=O) groups excluding carboxylic acids is 2. The van der Waals surface area contributed by atoms with E-state index < -0.39 is 34.5 Å². The first-order valence-electron chi connectivity index (χ1n) is 4.90. The first-order valence-corrected chi connectivity index (χ1v) is 6.25. The molecule has 19 heavy (non-hydrogen) atoms. The average Bonchev–Trinajstić information content (AvgIpc) is 2.73. The molecule has 0 saturated carbocycles. The van der Waals surface area contributed by atoms with E-state index in [-0.39, 0.29) is 11.7 Å². The van der Waals surface area contributed by atoms with E-state index in [0.29, 0.717) is 11.3 Å². The van der Waals surface area contributed by atoms with Gasteiger partial charge in [-0.1, -0.05) is 11.3 Å². The fourth-order valence-corrected chi connectivity index (χ4v) is 2.02. The maximum Gasteiger partial charge on any atom is 0.435 e. The van der Waals surface area contributed by atoms with Crippen molar-refractivity contribution in [2.75, 3.05) is 17.8 Å². The number of thiazole rings is 1. The van der Waals surface area contributed by atoms with Crippen molar-refractivity contribution in [3.63, 3.8) is 0 Å². The van der Waals surface area contributed by atoms with Crippen LogP contribution in [0.4, 0.5) is 18.3 Å². The van der Waals surface area contributed by atoms with Gasteiger partial charge in [-0.15, -0.1) is 11.6 Å². The number of hydrogen-bond acceptors (Lipinski definition) is 5. The van der Waals surface area contributed by atoms with Gasteiger partial charge in [0.2, 0.25) is 5.91 Å². The SMILES string of the molecule is CCOC(=O)c1sc(NC(=O)CCl)nc1C(F)(F)F. The molecule has 1 N–H and O–H groups in total. The topological polar surface area (TPSA) is 68.3 Å². The predicted octanol–water partition coefficient (Wildman–Crippen LogP) is 2.52. The molecule has 0 aliphatic heterocycles. The van der Waals surface area contributed by atoms with Crippen molar-refractivity contribution in [2.24, 2.45) is 0 Å². The van der Waals surface area contributed by atoms with Crippen LogP contribution in [0.5, 0.6) is 0 Å². The third-order valence-corrected chi connectivity index (χ3v) is 2.92. The summed E-state index contributed by atoms with van der Waals surface area (Å²) in [5.74, 6) is -2.30. The highest BCUT2D eigenvalue weighted by molar-refractivity contribution is 7.17. The Morgan fingerprint density at radius 3 is 2.58 bits per heavy atom. The zero-order valence-electron chi connectivity index (χ0n) is 9.51. The van der Waals surface area contributed by atoms with Crippen molar-refractivity contribution >= 4 is 39.9 Å². The van der Waals surface area contributed by atoms with Gasteiger partial charge in [-0.05, 0) is 6.92 Å². The second-order valence-corrected chi connectivity index (χ2v) is 4.36. The summed E-state index contributed by atoms with van der Waals surface area (Å²) in [6, 6.07) is 0. The molecule has 1 heterocycles. The first-order chi connectivity index (χ1) is 8.79. The van der Waals surface area contributed by atoms with Gasteiger partial charge in [0, 0.05) is 0 Å². The standard InChI is InChI=1S/C9H8ClF3N2O3S/c1-2-18-7(17)5-6(9(11,12)13)15-8(19-5)14-4(16)3-10/h2-3H2,1H3,(H,14,15,16). The summed E-state index contributed by atoms with van der Waals surface area (Å²) < 4.78 is 42.5. The lowest BCUT2D eigenvalue weighted by atomic mass is 10.3. The fraction of sp³-hybridized carbons (Fsp3) is 0.444. The lowest BCUT2D eigenvalue weighted by molar-refractivity contribution is -0.141. The van der Waals surface area contributed by atoms with Gasteiger partial charge >= 0.3 is 12.1 Å². The van der Waals surface area contributed by atoms with Crippen LogP contribution in [0.1, 0.15) is 22.3 Å². The van der Waals surface area contributed by atoms with Gasteiger partial charge < -0.3 is 10.1 Å². The summed E-state index contributed by atoms with van der Waals surface area (Å²) >= 11 is 5.58. The van der Waals surface area contributed by atoms with Gasteiger partial charge in [0.05, 0.1) is 6.61 Å².